The molecule has 2 aromatic rings. The number of aliphatic hydroxyl groups is 1. The lowest BCUT2D eigenvalue weighted by Crippen LogP contribution is -2.73. The summed E-state index contributed by atoms with van der Waals surface area (Å²) in [5.41, 5.74) is 2.21. The highest BCUT2D eigenvalue weighted by atomic mass is 16.3. The molecule has 1 aromatic carbocycles. The second-order valence-corrected chi connectivity index (χ2v) is 8.44. The van der Waals surface area contributed by atoms with Gasteiger partial charge in [0.05, 0.1) is 24.9 Å². The molecule has 2 saturated heterocycles. The van der Waals surface area contributed by atoms with Crippen molar-refractivity contribution in [2.24, 2.45) is 5.92 Å². The molecule has 0 saturated carbocycles. The van der Waals surface area contributed by atoms with Crippen molar-refractivity contribution >= 4 is 11.8 Å². The molecule has 160 valence electrons. The van der Waals surface area contributed by atoms with Gasteiger partial charge in [0.25, 0.3) is 5.91 Å². The molecule has 0 spiro atoms. The Balaban J connectivity index is 1.52. The van der Waals surface area contributed by atoms with Crippen LogP contribution in [-0.4, -0.2) is 68.5 Å². The summed E-state index contributed by atoms with van der Waals surface area (Å²) < 4.78 is 0. The fourth-order valence-electron chi connectivity index (χ4n) is 4.37. The zero-order valence-electron chi connectivity index (χ0n) is 17.7. The normalized spacial score (nSPS) is 22.5. The lowest BCUT2D eigenvalue weighted by molar-refractivity contribution is -0.159. The summed E-state index contributed by atoms with van der Waals surface area (Å²) in [5, 5.41) is 9.94. The van der Waals surface area contributed by atoms with E-state index in [1.807, 2.05) is 24.3 Å². The average Bonchev–Trinajstić information content (AvgIpc) is 2.76. The van der Waals surface area contributed by atoms with Crippen molar-refractivity contribution in [3.63, 3.8) is 0 Å². The fraction of sp³-hybridized carbons (Fsp3) is 0.417. The van der Waals surface area contributed by atoms with Gasteiger partial charge in [-0.25, -0.2) is 4.98 Å². The van der Waals surface area contributed by atoms with E-state index in [0.29, 0.717) is 12.5 Å². The van der Waals surface area contributed by atoms with Crippen LogP contribution in [0, 0.1) is 17.8 Å². The van der Waals surface area contributed by atoms with Gasteiger partial charge in [-0.15, -0.1) is 0 Å². The van der Waals surface area contributed by atoms with E-state index in [0.717, 1.165) is 17.5 Å². The number of aliphatic hydroxyl groups excluding tert-OH is 1. The number of carbonyl (C=O) groups excluding carboxylic acids is 2. The standard InChI is InChI=1S/C24H26N4O3/c1-16(2)4-3-5-17-6-8-18(9-7-17)23-20-13-27(14-22(30)28(20)21(23)15-29)24(31)19-12-25-10-11-26-19/h6-12,16,20-21,23,29H,4,13-15H2,1-2H3/t20-,21-,23+/m1/s1. The van der Waals surface area contributed by atoms with Crippen LogP contribution in [-0.2, 0) is 4.79 Å². The minimum Gasteiger partial charge on any atom is -0.394 e. The Kier molecular flexibility index (Phi) is 6.01. The first kappa shape index (κ1) is 21.0. The summed E-state index contributed by atoms with van der Waals surface area (Å²) in [7, 11) is 0. The van der Waals surface area contributed by atoms with Gasteiger partial charge in [0.2, 0.25) is 5.91 Å². The number of aromatic nitrogens is 2. The minimum atomic E-state index is -0.303. The van der Waals surface area contributed by atoms with Crippen LogP contribution in [0.4, 0.5) is 0 Å². The van der Waals surface area contributed by atoms with Crippen molar-refractivity contribution in [3.05, 3.63) is 59.7 Å². The first-order valence-corrected chi connectivity index (χ1v) is 10.6. The molecule has 1 aromatic heterocycles. The first-order valence-electron chi connectivity index (χ1n) is 10.6. The summed E-state index contributed by atoms with van der Waals surface area (Å²) in [4.78, 5) is 36.8. The molecule has 2 fully saturated rings. The Bertz CT molecular complexity index is 1010. The van der Waals surface area contributed by atoms with E-state index in [1.54, 1.807) is 4.90 Å². The van der Waals surface area contributed by atoms with Gasteiger partial charge in [-0.05, 0) is 23.6 Å². The van der Waals surface area contributed by atoms with Gasteiger partial charge in [0.15, 0.2) is 0 Å². The first-order chi connectivity index (χ1) is 15.0. The van der Waals surface area contributed by atoms with Gasteiger partial charge >= 0.3 is 0 Å². The molecule has 1 N–H and O–H groups in total. The summed E-state index contributed by atoms with van der Waals surface area (Å²) >= 11 is 0. The monoisotopic (exact) mass is 418 g/mol. The van der Waals surface area contributed by atoms with Gasteiger partial charge in [-0.2, -0.15) is 0 Å². The largest absolute Gasteiger partial charge is 0.394 e. The number of piperazine rings is 1. The van der Waals surface area contributed by atoms with E-state index >= 15 is 0 Å². The minimum absolute atomic E-state index is 0.0144. The molecular formula is C24H26N4O3. The van der Waals surface area contributed by atoms with Crippen molar-refractivity contribution < 1.29 is 14.7 Å². The maximum Gasteiger partial charge on any atom is 0.274 e. The molecule has 0 aliphatic carbocycles. The van der Waals surface area contributed by atoms with Crippen molar-refractivity contribution in [3.8, 4) is 11.8 Å². The number of benzene rings is 1. The van der Waals surface area contributed by atoms with E-state index in [-0.39, 0.29) is 48.7 Å². The van der Waals surface area contributed by atoms with Crippen molar-refractivity contribution in [2.45, 2.75) is 38.3 Å². The van der Waals surface area contributed by atoms with Gasteiger partial charge in [-0.3, -0.25) is 14.6 Å². The third-order valence-electron chi connectivity index (χ3n) is 5.86. The van der Waals surface area contributed by atoms with Crippen LogP contribution in [0.5, 0.6) is 0 Å². The molecule has 7 heteroatoms. The molecule has 2 amide bonds. The van der Waals surface area contributed by atoms with E-state index in [4.69, 9.17) is 0 Å². The summed E-state index contributed by atoms with van der Waals surface area (Å²) in [6.45, 7) is 4.55. The Morgan fingerprint density at radius 3 is 2.68 bits per heavy atom. The van der Waals surface area contributed by atoms with Crippen LogP contribution >= 0.6 is 0 Å². The molecule has 0 radical (unpaired) electrons. The van der Waals surface area contributed by atoms with Crippen molar-refractivity contribution in [1.82, 2.24) is 19.8 Å². The second-order valence-electron chi connectivity index (χ2n) is 8.44. The molecule has 2 aliphatic heterocycles. The number of hydrogen-bond donors (Lipinski definition) is 1. The molecule has 4 rings (SSSR count). The van der Waals surface area contributed by atoms with Crippen molar-refractivity contribution in [1.29, 1.82) is 0 Å². The van der Waals surface area contributed by atoms with Gasteiger partial charge < -0.3 is 14.9 Å². The number of hydrogen-bond acceptors (Lipinski definition) is 5. The molecule has 3 heterocycles. The Labute approximate surface area is 182 Å². The van der Waals surface area contributed by atoms with Crippen LogP contribution in [0.1, 0.15) is 47.8 Å². The Morgan fingerprint density at radius 1 is 1.26 bits per heavy atom. The van der Waals surface area contributed by atoms with Gasteiger partial charge in [0.1, 0.15) is 12.2 Å². The molecule has 3 atom stereocenters. The number of fused-ring (bicyclic) bond motifs is 1. The van der Waals surface area contributed by atoms with Gasteiger partial charge in [0, 0.05) is 36.8 Å². The van der Waals surface area contributed by atoms with Crippen LogP contribution in [0.3, 0.4) is 0 Å². The zero-order chi connectivity index (χ0) is 22.0. The maximum absolute atomic E-state index is 12.8. The predicted molar refractivity (Wildman–Crippen MR) is 115 cm³/mol. The molecule has 7 nitrogen and oxygen atoms in total. The van der Waals surface area contributed by atoms with Gasteiger partial charge in [-0.1, -0.05) is 37.8 Å². The number of carbonyl (C=O) groups is 2. The predicted octanol–water partition coefficient (Wildman–Crippen LogP) is 1.69. The molecule has 0 unspecified atom stereocenters. The summed E-state index contributed by atoms with van der Waals surface area (Å²) in [6.07, 6.45) is 5.23. The third kappa shape index (κ3) is 4.17. The van der Waals surface area contributed by atoms with E-state index in [2.05, 4.69) is 35.7 Å². The maximum atomic E-state index is 12.8. The smallest absolute Gasteiger partial charge is 0.274 e. The van der Waals surface area contributed by atoms with E-state index in [1.165, 1.54) is 23.5 Å². The SMILES string of the molecule is CC(C)CC#Cc1ccc([C@@H]2[C@@H](CO)N3C(=O)CN(C(=O)c4cnccn4)C[C@H]23)cc1. The number of nitrogens with zero attached hydrogens (tertiary/aromatic N) is 4. The average molecular weight is 418 g/mol. The Hall–Kier alpha value is -3.24. The zero-order valence-corrected chi connectivity index (χ0v) is 17.7. The molecular weight excluding hydrogens is 392 g/mol. The third-order valence-corrected chi connectivity index (χ3v) is 5.86. The highest BCUT2D eigenvalue weighted by Crippen LogP contribution is 2.43. The highest BCUT2D eigenvalue weighted by Gasteiger charge is 2.54. The van der Waals surface area contributed by atoms with Crippen LogP contribution < -0.4 is 0 Å². The van der Waals surface area contributed by atoms with Crippen LogP contribution in [0.2, 0.25) is 0 Å². The Morgan fingerprint density at radius 2 is 2.03 bits per heavy atom. The van der Waals surface area contributed by atoms with E-state index < -0.39 is 0 Å². The fourth-order valence-corrected chi connectivity index (χ4v) is 4.37. The van der Waals surface area contributed by atoms with Crippen molar-refractivity contribution in [2.75, 3.05) is 19.7 Å². The lowest BCUT2D eigenvalue weighted by atomic mass is 9.73. The van der Waals surface area contributed by atoms with Crippen LogP contribution in [0.25, 0.3) is 0 Å². The highest BCUT2D eigenvalue weighted by molar-refractivity contribution is 5.95. The lowest BCUT2D eigenvalue weighted by Gasteiger charge is -2.58. The number of rotatable bonds is 4. The second kappa shape index (κ2) is 8.86. The topological polar surface area (TPSA) is 86.6 Å². The summed E-state index contributed by atoms with van der Waals surface area (Å²) in [6, 6.07) is 7.54. The molecule has 2 aliphatic rings. The van der Waals surface area contributed by atoms with Crippen LogP contribution in [0.15, 0.2) is 42.9 Å². The summed E-state index contributed by atoms with van der Waals surface area (Å²) in [5.74, 6) is 6.40. The van der Waals surface area contributed by atoms with E-state index in [9.17, 15) is 14.7 Å². The number of amides is 2. The molecule has 31 heavy (non-hydrogen) atoms. The molecule has 0 bridgehead atoms. The quantitative estimate of drug-likeness (QED) is 0.764.